The van der Waals surface area contributed by atoms with Crippen LogP contribution in [0, 0.1) is 58.2 Å². The molecular formula is C56H96O6. The molecule has 0 amide bonds. The third-order valence-electron chi connectivity index (χ3n) is 18.2. The van der Waals surface area contributed by atoms with Crippen LogP contribution in [0.25, 0.3) is 0 Å². The highest BCUT2D eigenvalue weighted by Gasteiger charge is 2.52. The molecule has 0 bridgehead atoms. The Morgan fingerprint density at radius 2 is 0.903 bits per heavy atom. The lowest BCUT2D eigenvalue weighted by molar-refractivity contribution is -0.00752. The fourth-order valence-electron chi connectivity index (χ4n) is 14.7. The molecule has 6 heteroatoms. The Kier molecular flexibility index (Phi) is 18.4. The van der Waals surface area contributed by atoms with Gasteiger partial charge in [0.25, 0.3) is 0 Å². The highest BCUT2D eigenvalue weighted by atomic mass is 16.3. The summed E-state index contributed by atoms with van der Waals surface area (Å²) in [6, 6.07) is 0. The van der Waals surface area contributed by atoms with Crippen molar-refractivity contribution in [3.63, 3.8) is 0 Å². The Balaban J connectivity index is 0.000000234. The minimum Gasteiger partial charge on any atom is -0.392 e. The quantitative estimate of drug-likeness (QED) is 0.103. The van der Waals surface area contributed by atoms with Crippen molar-refractivity contribution in [3.8, 4) is 0 Å². The third-order valence-corrected chi connectivity index (χ3v) is 18.2. The van der Waals surface area contributed by atoms with Gasteiger partial charge in [0, 0.05) is 11.8 Å². The van der Waals surface area contributed by atoms with E-state index >= 15 is 0 Å². The van der Waals surface area contributed by atoms with E-state index in [9.17, 15) is 30.6 Å². The summed E-state index contributed by atoms with van der Waals surface area (Å²) in [5.74, 6) is 4.39. The summed E-state index contributed by atoms with van der Waals surface area (Å²) < 4.78 is 0. The zero-order valence-corrected chi connectivity index (χ0v) is 41.5. The van der Waals surface area contributed by atoms with Crippen LogP contribution in [-0.4, -0.2) is 66.3 Å². The monoisotopic (exact) mass is 865 g/mol. The van der Waals surface area contributed by atoms with Gasteiger partial charge in [-0.15, -0.1) is 0 Å². The second-order valence-electron chi connectivity index (χ2n) is 23.9. The summed E-state index contributed by atoms with van der Waals surface area (Å²) in [6.07, 6.45) is 31.4. The van der Waals surface area contributed by atoms with Crippen LogP contribution in [0.3, 0.4) is 0 Å². The SMILES string of the molecule is CCC1[C@H](O)CC(=C/C=C2\CCC[C@@]3(C)C2CCC3C(C)CCCC(C)(C)O)C[C@H]1O.CCC1[C@H](O)CC(=C/C=C2\CCC[C@@]3(C)C2CCC3C(C)CCCC(C)(C)O)C[C@H]1O. The molecule has 6 aliphatic rings. The lowest BCUT2D eigenvalue weighted by Crippen LogP contribution is -2.36. The number of fused-ring (bicyclic) bond motifs is 2. The van der Waals surface area contributed by atoms with Crippen molar-refractivity contribution in [2.45, 2.75) is 246 Å². The molecule has 0 saturated heterocycles. The molecule has 6 N–H and O–H groups in total. The van der Waals surface area contributed by atoms with Crippen molar-refractivity contribution < 1.29 is 30.6 Å². The Morgan fingerprint density at radius 1 is 0.565 bits per heavy atom. The van der Waals surface area contributed by atoms with E-state index in [1.807, 2.05) is 27.7 Å². The second-order valence-corrected chi connectivity index (χ2v) is 23.9. The van der Waals surface area contributed by atoms with E-state index < -0.39 is 35.6 Å². The number of hydrogen-bond acceptors (Lipinski definition) is 6. The molecule has 6 fully saturated rings. The molecular weight excluding hydrogens is 769 g/mol. The molecule has 6 unspecified atom stereocenters. The zero-order valence-electron chi connectivity index (χ0n) is 41.5. The lowest BCUT2D eigenvalue weighted by Gasteiger charge is -2.44. The average molecular weight is 865 g/mol. The minimum absolute atomic E-state index is 0.0243. The van der Waals surface area contributed by atoms with E-state index in [2.05, 4.69) is 65.8 Å². The summed E-state index contributed by atoms with van der Waals surface area (Å²) in [5, 5.41) is 61.8. The summed E-state index contributed by atoms with van der Waals surface area (Å²) >= 11 is 0. The summed E-state index contributed by atoms with van der Waals surface area (Å²) in [6.45, 7) is 21.8. The van der Waals surface area contributed by atoms with E-state index in [-0.39, 0.29) is 11.8 Å². The molecule has 0 spiro atoms. The van der Waals surface area contributed by atoms with Gasteiger partial charge in [-0.2, -0.15) is 0 Å². The topological polar surface area (TPSA) is 121 Å². The molecule has 0 aliphatic heterocycles. The number of allylic oxidation sites excluding steroid dienone is 6. The van der Waals surface area contributed by atoms with Gasteiger partial charge in [-0.25, -0.2) is 0 Å². The first-order valence-corrected chi connectivity index (χ1v) is 26.0. The molecule has 0 heterocycles. The molecule has 0 aromatic heterocycles. The fraction of sp³-hybridized carbons (Fsp3) is 0.857. The van der Waals surface area contributed by atoms with Crippen LogP contribution in [0.4, 0.5) is 0 Å². The second kappa shape index (κ2) is 22.0. The van der Waals surface area contributed by atoms with Gasteiger partial charge < -0.3 is 30.6 Å². The van der Waals surface area contributed by atoms with Crippen LogP contribution >= 0.6 is 0 Å². The summed E-state index contributed by atoms with van der Waals surface area (Å²) in [4.78, 5) is 0. The van der Waals surface area contributed by atoms with Crippen LogP contribution in [-0.2, 0) is 0 Å². The van der Waals surface area contributed by atoms with Crippen LogP contribution < -0.4 is 0 Å². The molecule has 6 saturated carbocycles. The lowest BCUT2D eigenvalue weighted by atomic mass is 9.60. The molecule has 0 radical (unpaired) electrons. The average Bonchev–Trinajstić information content (AvgIpc) is 3.72. The van der Waals surface area contributed by atoms with Crippen molar-refractivity contribution in [3.05, 3.63) is 46.6 Å². The van der Waals surface area contributed by atoms with Gasteiger partial charge in [0.1, 0.15) is 0 Å². The Morgan fingerprint density at radius 3 is 1.21 bits per heavy atom. The van der Waals surface area contributed by atoms with E-state index in [1.165, 1.54) is 88.2 Å². The third kappa shape index (κ3) is 13.0. The molecule has 6 rings (SSSR count). The van der Waals surface area contributed by atoms with E-state index in [0.29, 0.717) is 60.2 Å². The van der Waals surface area contributed by atoms with Crippen LogP contribution in [0.5, 0.6) is 0 Å². The summed E-state index contributed by atoms with van der Waals surface area (Å²) in [7, 11) is 0. The Hall–Kier alpha value is -1.28. The first-order chi connectivity index (χ1) is 29.1. The first-order valence-electron chi connectivity index (χ1n) is 26.0. The minimum atomic E-state index is -0.548. The van der Waals surface area contributed by atoms with Gasteiger partial charge >= 0.3 is 0 Å². The van der Waals surface area contributed by atoms with Crippen LogP contribution in [0.1, 0.15) is 210 Å². The normalized spacial score (nSPS) is 38.9. The van der Waals surface area contributed by atoms with Gasteiger partial charge in [-0.3, -0.25) is 0 Å². The highest BCUT2D eigenvalue weighted by molar-refractivity contribution is 5.28. The van der Waals surface area contributed by atoms with Gasteiger partial charge in [-0.1, -0.05) is 114 Å². The van der Waals surface area contributed by atoms with E-state index in [0.717, 1.165) is 50.4 Å². The molecule has 62 heavy (non-hydrogen) atoms. The van der Waals surface area contributed by atoms with Gasteiger partial charge in [0.2, 0.25) is 0 Å². The number of aliphatic hydroxyl groups excluding tert-OH is 4. The van der Waals surface area contributed by atoms with Crippen molar-refractivity contribution >= 4 is 0 Å². The molecule has 12 atom stereocenters. The molecule has 356 valence electrons. The molecule has 6 aliphatic carbocycles. The summed E-state index contributed by atoms with van der Waals surface area (Å²) in [5.41, 5.74) is 5.33. The first kappa shape index (κ1) is 51.7. The maximum atomic E-state index is 10.4. The molecule has 0 aromatic rings. The van der Waals surface area contributed by atoms with Gasteiger partial charge in [0.15, 0.2) is 0 Å². The predicted octanol–water partition coefficient (Wildman–Crippen LogP) is 12.3. The highest BCUT2D eigenvalue weighted by Crippen LogP contribution is 2.61. The van der Waals surface area contributed by atoms with Crippen molar-refractivity contribution in [2.24, 2.45) is 58.2 Å². The fourth-order valence-corrected chi connectivity index (χ4v) is 14.7. The predicted molar refractivity (Wildman–Crippen MR) is 257 cm³/mol. The standard InChI is InChI=1S/2C28H48O3/c2*1-6-22-25(29)17-20(18-26(22)30)11-12-21-10-8-16-28(5)23(13-14-24(21)28)19(2)9-7-15-27(3,4)31/h2*11-12,19,22-26,29-31H,6-10,13-18H2,1-5H3/b2*20-11?,21-12+/t2*19?,22?,23?,24?,25-,26-,28-/m11/s1. The maximum Gasteiger partial charge on any atom is 0.0630 e. The van der Waals surface area contributed by atoms with Crippen molar-refractivity contribution in [2.75, 3.05) is 0 Å². The number of rotatable bonds is 14. The van der Waals surface area contributed by atoms with E-state index in [4.69, 9.17) is 0 Å². The van der Waals surface area contributed by atoms with Crippen molar-refractivity contribution in [1.82, 2.24) is 0 Å². The number of aliphatic hydroxyl groups is 6. The van der Waals surface area contributed by atoms with E-state index in [1.54, 1.807) is 11.1 Å². The maximum absolute atomic E-state index is 10.4. The Labute approximate surface area is 380 Å². The molecule has 6 nitrogen and oxygen atoms in total. The number of hydrogen-bond donors (Lipinski definition) is 6. The smallest absolute Gasteiger partial charge is 0.0630 e. The van der Waals surface area contributed by atoms with Crippen molar-refractivity contribution in [1.29, 1.82) is 0 Å². The van der Waals surface area contributed by atoms with Crippen LogP contribution in [0.15, 0.2) is 46.6 Å². The van der Waals surface area contributed by atoms with Gasteiger partial charge in [0.05, 0.1) is 35.6 Å². The van der Waals surface area contributed by atoms with Crippen LogP contribution in [0.2, 0.25) is 0 Å². The zero-order chi connectivity index (χ0) is 45.6. The molecule has 0 aromatic carbocycles. The van der Waals surface area contributed by atoms with Gasteiger partial charge in [-0.05, 0) is 190 Å². The largest absolute Gasteiger partial charge is 0.392 e. The Bertz CT molecular complexity index is 1400.